The Hall–Kier alpha value is -2.17. The minimum atomic E-state index is 0.625. The van der Waals surface area contributed by atoms with Gasteiger partial charge in [0.2, 0.25) is 0 Å². The molecule has 0 saturated heterocycles. The standard InChI is InChI=1S/C10H10N4O/c1-15-8-3-2-4-13-10(8)14-9-7-11-5-6-12-9/h2-7H,1H3,(H,12,13,14). The second-order valence-corrected chi connectivity index (χ2v) is 2.77. The molecule has 0 bridgehead atoms. The Morgan fingerprint density at radius 3 is 2.87 bits per heavy atom. The maximum atomic E-state index is 5.14. The third-order valence-corrected chi connectivity index (χ3v) is 1.80. The van der Waals surface area contributed by atoms with Gasteiger partial charge in [-0.3, -0.25) is 4.98 Å². The number of rotatable bonds is 3. The summed E-state index contributed by atoms with van der Waals surface area (Å²) in [6.07, 6.45) is 6.52. The van der Waals surface area contributed by atoms with Crippen molar-refractivity contribution < 1.29 is 4.74 Å². The van der Waals surface area contributed by atoms with Crippen LogP contribution in [0.4, 0.5) is 11.6 Å². The van der Waals surface area contributed by atoms with Gasteiger partial charge in [-0.2, -0.15) is 0 Å². The topological polar surface area (TPSA) is 59.9 Å². The number of pyridine rings is 1. The molecular formula is C10H10N4O. The van der Waals surface area contributed by atoms with Crippen LogP contribution >= 0.6 is 0 Å². The molecular weight excluding hydrogens is 192 g/mol. The van der Waals surface area contributed by atoms with E-state index in [2.05, 4.69) is 20.3 Å². The van der Waals surface area contributed by atoms with Crippen molar-refractivity contribution in [1.29, 1.82) is 0 Å². The van der Waals surface area contributed by atoms with E-state index in [1.165, 1.54) is 0 Å². The van der Waals surface area contributed by atoms with Crippen molar-refractivity contribution in [2.24, 2.45) is 0 Å². The molecule has 0 aliphatic rings. The summed E-state index contributed by atoms with van der Waals surface area (Å²) in [6.45, 7) is 0. The van der Waals surface area contributed by atoms with Gasteiger partial charge < -0.3 is 10.1 Å². The zero-order chi connectivity index (χ0) is 10.5. The monoisotopic (exact) mass is 202 g/mol. The first-order valence-electron chi connectivity index (χ1n) is 4.42. The van der Waals surface area contributed by atoms with Crippen LogP contribution in [0.1, 0.15) is 0 Å². The molecule has 0 atom stereocenters. The van der Waals surface area contributed by atoms with Crippen LogP contribution in [0.2, 0.25) is 0 Å². The van der Waals surface area contributed by atoms with Crippen molar-refractivity contribution in [2.75, 3.05) is 12.4 Å². The van der Waals surface area contributed by atoms with Gasteiger partial charge in [0.05, 0.1) is 13.3 Å². The molecule has 76 valence electrons. The van der Waals surface area contributed by atoms with Crippen LogP contribution in [0.3, 0.4) is 0 Å². The van der Waals surface area contributed by atoms with Crippen LogP contribution in [0.5, 0.6) is 5.75 Å². The molecule has 5 nitrogen and oxygen atoms in total. The number of methoxy groups -OCH3 is 1. The molecule has 2 rings (SSSR count). The van der Waals surface area contributed by atoms with Gasteiger partial charge in [-0.25, -0.2) is 9.97 Å². The Morgan fingerprint density at radius 1 is 1.20 bits per heavy atom. The Kier molecular flexibility index (Phi) is 2.73. The van der Waals surface area contributed by atoms with E-state index >= 15 is 0 Å². The molecule has 0 unspecified atom stereocenters. The maximum Gasteiger partial charge on any atom is 0.174 e. The number of nitrogens with zero attached hydrogens (tertiary/aromatic N) is 3. The highest BCUT2D eigenvalue weighted by Crippen LogP contribution is 2.22. The molecule has 0 radical (unpaired) electrons. The highest BCUT2D eigenvalue weighted by atomic mass is 16.5. The zero-order valence-electron chi connectivity index (χ0n) is 8.21. The summed E-state index contributed by atoms with van der Waals surface area (Å²) in [6, 6.07) is 3.63. The number of aromatic nitrogens is 3. The third kappa shape index (κ3) is 2.19. The fourth-order valence-electron chi connectivity index (χ4n) is 1.13. The van der Waals surface area contributed by atoms with E-state index in [-0.39, 0.29) is 0 Å². The van der Waals surface area contributed by atoms with Crippen molar-refractivity contribution >= 4 is 11.6 Å². The van der Waals surface area contributed by atoms with Crippen molar-refractivity contribution in [1.82, 2.24) is 15.0 Å². The van der Waals surface area contributed by atoms with Gasteiger partial charge in [0, 0.05) is 18.6 Å². The average Bonchev–Trinajstić information content (AvgIpc) is 2.31. The molecule has 2 aromatic rings. The van der Waals surface area contributed by atoms with E-state index in [1.807, 2.05) is 6.07 Å². The molecule has 2 aromatic heterocycles. The highest BCUT2D eigenvalue weighted by molar-refractivity contribution is 5.58. The largest absolute Gasteiger partial charge is 0.493 e. The number of hydrogen-bond acceptors (Lipinski definition) is 5. The van der Waals surface area contributed by atoms with Gasteiger partial charge in [0.15, 0.2) is 11.6 Å². The predicted octanol–water partition coefficient (Wildman–Crippen LogP) is 1.62. The number of nitrogens with one attached hydrogen (secondary N) is 1. The van der Waals surface area contributed by atoms with E-state index in [9.17, 15) is 0 Å². The Morgan fingerprint density at radius 2 is 2.13 bits per heavy atom. The molecule has 15 heavy (non-hydrogen) atoms. The minimum absolute atomic E-state index is 0.625. The van der Waals surface area contributed by atoms with E-state index in [0.29, 0.717) is 17.4 Å². The lowest BCUT2D eigenvalue weighted by molar-refractivity contribution is 0.415. The minimum Gasteiger partial charge on any atom is -0.493 e. The number of ether oxygens (including phenoxy) is 1. The normalized spacial score (nSPS) is 9.67. The van der Waals surface area contributed by atoms with E-state index in [1.54, 1.807) is 38.0 Å². The van der Waals surface area contributed by atoms with Crippen LogP contribution in [0.15, 0.2) is 36.9 Å². The fourth-order valence-corrected chi connectivity index (χ4v) is 1.13. The lowest BCUT2D eigenvalue weighted by atomic mass is 10.4. The van der Waals surface area contributed by atoms with E-state index < -0.39 is 0 Å². The predicted molar refractivity (Wildman–Crippen MR) is 56.1 cm³/mol. The van der Waals surface area contributed by atoms with Gasteiger partial charge in [0.1, 0.15) is 5.82 Å². The van der Waals surface area contributed by atoms with E-state index in [0.717, 1.165) is 0 Å². The highest BCUT2D eigenvalue weighted by Gasteiger charge is 2.03. The SMILES string of the molecule is COc1cccnc1Nc1cnccn1. The second kappa shape index (κ2) is 4.36. The summed E-state index contributed by atoms with van der Waals surface area (Å²) in [4.78, 5) is 12.2. The van der Waals surface area contributed by atoms with Crippen molar-refractivity contribution in [2.45, 2.75) is 0 Å². The molecule has 2 heterocycles. The second-order valence-electron chi connectivity index (χ2n) is 2.77. The van der Waals surface area contributed by atoms with Crippen LogP contribution in [-0.2, 0) is 0 Å². The molecule has 0 amide bonds. The molecule has 0 aliphatic heterocycles. The van der Waals surface area contributed by atoms with Gasteiger partial charge in [-0.15, -0.1) is 0 Å². The number of hydrogen-bond donors (Lipinski definition) is 1. The van der Waals surface area contributed by atoms with Gasteiger partial charge >= 0.3 is 0 Å². The first-order valence-corrected chi connectivity index (χ1v) is 4.42. The van der Waals surface area contributed by atoms with Crippen molar-refractivity contribution in [3.05, 3.63) is 36.9 Å². The Bertz CT molecular complexity index is 432. The first-order chi connectivity index (χ1) is 7.40. The molecule has 0 aromatic carbocycles. The maximum absolute atomic E-state index is 5.14. The fraction of sp³-hybridized carbons (Fsp3) is 0.100. The van der Waals surface area contributed by atoms with Crippen LogP contribution in [0, 0.1) is 0 Å². The van der Waals surface area contributed by atoms with Gasteiger partial charge in [-0.05, 0) is 12.1 Å². The van der Waals surface area contributed by atoms with Crippen LogP contribution in [-0.4, -0.2) is 22.1 Å². The molecule has 0 aliphatic carbocycles. The lowest BCUT2D eigenvalue weighted by Crippen LogP contribution is -1.98. The van der Waals surface area contributed by atoms with Crippen molar-refractivity contribution in [3.63, 3.8) is 0 Å². The summed E-state index contributed by atoms with van der Waals surface area (Å²) in [7, 11) is 1.60. The third-order valence-electron chi connectivity index (χ3n) is 1.80. The zero-order valence-corrected chi connectivity index (χ0v) is 8.21. The molecule has 0 spiro atoms. The lowest BCUT2D eigenvalue weighted by Gasteiger charge is -2.07. The summed E-state index contributed by atoms with van der Waals surface area (Å²) in [5.74, 6) is 1.93. The quantitative estimate of drug-likeness (QED) is 0.819. The Balaban J connectivity index is 2.24. The van der Waals surface area contributed by atoms with E-state index in [4.69, 9.17) is 4.74 Å². The molecule has 0 fully saturated rings. The van der Waals surface area contributed by atoms with Crippen molar-refractivity contribution in [3.8, 4) is 5.75 Å². The summed E-state index contributed by atoms with van der Waals surface area (Å²) < 4.78 is 5.14. The summed E-state index contributed by atoms with van der Waals surface area (Å²) >= 11 is 0. The van der Waals surface area contributed by atoms with Crippen LogP contribution < -0.4 is 10.1 Å². The first kappa shape index (κ1) is 9.39. The summed E-state index contributed by atoms with van der Waals surface area (Å²) in [5, 5.41) is 3.01. The smallest absolute Gasteiger partial charge is 0.174 e. The average molecular weight is 202 g/mol. The molecule has 1 N–H and O–H groups in total. The number of anilines is 2. The van der Waals surface area contributed by atoms with Gasteiger partial charge in [0.25, 0.3) is 0 Å². The molecule has 0 saturated carbocycles. The Labute approximate surface area is 87.2 Å². The summed E-state index contributed by atoms with van der Waals surface area (Å²) in [5.41, 5.74) is 0. The van der Waals surface area contributed by atoms with Gasteiger partial charge in [-0.1, -0.05) is 0 Å². The van der Waals surface area contributed by atoms with Crippen LogP contribution in [0.25, 0.3) is 0 Å². The molecule has 5 heteroatoms.